The third kappa shape index (κ3) is 4.38. The first-order valence-corrected chi connectivity index (χ1v) is 8.99. The van der Waals surface area contributed by atoms with Crippen LogP contribution in [-0.4, -0.2) is 67.6 Å². The average molecular weight is 345 g/mol. The van der Waals surface area contributed by atoms with Crippen molar-refractivity contribution in [3.05, 3.63) is 29.3 Å². The fourth-order valence-electron chi connectivity index (χ4n) is 3.37. The number of nitrogens with zero attached hydrogens (tertiary/aromatic N) is 2. The van der Waals surface area contributed by atoms with Gasteiger partial charge in [-0.25, -0.2) is 0 Å². The number of aryl methyl sites for hydroxylation is 1. The molecule has 1 aromatic rings. The van der Waals surface area contributed by atoms with Crippen molar-refractivity contribution in [2.75, 3.05) is 51.3 Å². The fourth-order valence-corrected chi connectivity index (χ4v) is 3.37. The molecule has 1 aromatic carbocycles. The van der Waals surface area contributed by atoms with Crippen molar-refractivity contribution in [3.63, 3.8) is 0 Å². The number of hydrogen-bond acceptors (Lipinski definition) is 4. The molecule has 1 atom stereocenters. The predicted octanol–water partition coefficient (Wildman–Crippen LogP) is 1.42. The maximum atomic E-state index is 12.6. The molecule has 0 saturated carbocycles. The van der Waals surface area contributed by atoms with Gasteiger partial charge >= 0.3 is 0 Å². The van der Waals surface area contributed by atoms with Gasteiger partial charge in [-0.1, -0.05) is 12.1 Å². The van der Waals surface area contributed by atoms with Crippen LogP contribution in [-0.2, 0) is 14.3 Å². The summed E-state index contributed by atoms with van der Waals surface area (Å²) in [6.45, 7) is 9.42. The summed E-state index contributed by atoms with van der Waals surface area (Å²) in [6, 6.07) is 5.87. The number of carbonyl (C=O) groups excluding carboxylic acids is 2. The van der Waals surface area contributed by atoms with Gasteiger partial charge in [-0.2, -0.15) is 0 Å². The summed E-state index contributed by atoms with van der Waals surface area (Å²) in [5, 5.41) is 2.99. The molecule has 0 radical (unpaired) electrons. The Morgan fingerprint density at radius 3 is 2.76 bits per heavy atom. The molecule has 1 unspecified atom stereocenters. The molecule has 0 aromatic heterocycles. The minimum absolute atomic E-state index is 0.0593. The Kier molecular flexibility index (Phi) is 5.71. The van der Waals surface area contributed by atoms with E-state index in [0.717, 1.165) is 49.7 Å². The third-order valence-electron chi connectivity index (χ3n) is 5.24. The summed E-state index contributed by atoms with van der Waals surface area (Å²) in [4.78, 5) is 28.9. The Balaban J connectivity index is 1.52. The van der Waals surface area contributed by atoms with Gasteiger partial charge in [0.05, 0.1) is 19.1 Å². The van der Waals surface area contributed by atoms with Crippen LogP contribution in [0.3, 0.4) is 0 Å². The molecule has 2 amide bonds. The second-order valence-electron chi connectivity index (χ2n) is 6.93. The number of amides is 2. The minimum Gasteiger partial charge on any atom is -0.379 e. The van der Waals surface area contributed by atoms with E-state index >= 15 is 0 Å². The molecule has 6 nitrogen and oxygen atoms in total. The molecule has 6 heteroatoms. The molecule has 25 heavy (non-hydrogen) atoms. The molecular formula is C19H27N3O3. The van der Waals surface area contributed by atoms with E-state index in [2.05, 4.69) is 10.2 Å². The third-order valence-corrected chi connectivity index (χ3v) is 5.24. The van der Waals surface area contributed by atoms with Crippen LogP contribution in [0.1, 0.15) is 17.5 Å². The van der Waals surface area contributed by atoms with E-state index < -0.39 is 0 Å². The lowest BCUT2D eigenvalue weighted by molar-refractivity contribution is -0.128. The summed E-state index contributed by atoms with van der Waals surface area (Å²) >= 11 is 0. The number of hydrogen-bond donors (Lipinski definition) is 1. The summed E-state index contributed by atoms with van der Waals surface area (Å²) in [7, 11) is 0. The monoisotopic (exact) mass is 345 g/mol. The van der Waals surface area contributed by atoms with E-state index in [0.29, 0.717) is 19.5 Å². The highest BCUT2D eigenvalue weighted by molar-refractivity contribution is 5.97. The fraction of sp³-hybridized carbons (Fsp3) is 0.579. The molecule has 0 spiro atoms. The lowest BCUT2D eigenvalue weighted by Crippen LogP contribution is -2.42. The van der Waals surface area contributed by atoms with Gasteiger partial charge in [0.2, 0.25) is 11.8 Å². The molecule has 2 saturated heterocycles. The summed E-state index contributed by atoms with van der Waals surface area (Å²) in [5.74, 6) is -0.248. The van der Waals surface area contributed by atoms with Crippen molar-refractivity contribution in [3.8, 4) is 0 Å². The highest BCUT2D eigenvalue weighted by atomic mass is 16.5. The summed E-state index contributed by atoms with van der Waals surface area (Å²) in [5.41, 5.74) is 3.06. The van der Waals surface area contributed by atoms with E-state index in [4.69, 9.17) is 4.74 Å². The van der Waals surface area contributed by atoms with Crippen molar-refractivity contribution in [2.45, 2.75) is 20.3 Å². The highest BCUT2D eigenvalue weighted by Crippen LogP contribution is 2.22. The van der Waals surface area contributed by atoms with Crippen molar-refractivity contribution in [1.82, 2.24) is 9.80 Å². The second kappa shape index (κ2) is 7.97. The van der Waals surface area contributed by atoms with Gasteiger partial charge in [-0.15, -0.1) is 0 Å². The van der Waals surface area contributed by atoms with Crippen LogP contribution in [0.15, 0.2) is 18.2 Å². The predicted molar refractivity (Wildman–Crippen MR) is 96.5 cm³/mol. The Morgan fingerprint density at radius 2 is 2.00 bits per heavy atom. The minimum atomic E-state index is -0.267. The number of likely N-dealkylation sites (tertiary alicyclic amines) is 1. The van der Waals surface area contributed by atoms with Crippen LogP contribution in [0.5, 0.6) is 0 Å². The number of rotatable bonds is 5. The highest BCUT2D eigenvalue weighted by Gasteiger charge is 2.34. The van der Waals surface area contributed by atoms with Crippen molar-refractivity contribution < 1.29 is 14.3 Å². The van der Waals surface area contributed by atoms with Crippen molar-refractivity contribution in [1.29, 1.82) is 0 Å². The first kappa shape index (κ1) is 17.9. The first-order chi connectivity index (χ1) is 12.0. The van der Waals surface area contributed by atoms with Gasteiger partial charge in [0, 0.05) is 44.8 Å². The SMILES string of the molecule is Cc1cccc(NC(=O)C2CC(=O)N(CCN3CCOCC3)C2)c1C. The number of morpholine rings is 1. The van der Waals surface area contributed by atoms with Crippen LogP contribution in [0.25, 0.3) is 0 Å². The van der Waals surface area contributed by atoms with Crippen molar-refractivity contribution >= 4 is 17.5 Å². The zero-order valence-electron chi connectivity index (χ0n) is 15.1. The number of nitrogens with one attached hydrogen (secondary N) is 1. The second-order valence-corrected chi connectivity index (χ2v) is 6.93. The molecule has 0 bridgehead atoms. The lowest BCUT2D eigenvalue weighted by Gasteiger charge is -2.28. The molecule has 0 aliphatic carbocycles. The number of benzene rings is 1. The van der Waals surface area contributed by atoms with Crippen LogP contribution in [0, 0.1) is 19.8 Å². The largest absolute Gasteiger partial charge is 0.379 e. The molecule has 2 aliphatic heterocycles. The average Bonchev–Trinajstić information content (AvgIpc) is 2.99. The molecule has 2 heterocycles. The Labute approximate surface area is 149 Å². The number of anilines is 1. The van der Waals surface area contributed by atoms with E-state index in [9.17, 15) is 9.59 Å². The Morgan fingerprint density at radius 1 is 1.24 bits per heavy atom. The van der Waals surface area contributed by atoms with Gasteiger partial charge in [0.15, 0.2) is 0 Å². The zero-order chi connectivity index (χ0) is 17.8. The first-order valence-electron chi connectivity index (χ1n) is 8.99. The maximum absolute atomic E-state index is 12.6. The van der Waals surface area contributed by atoms with Crippen LogP contribution in [0.4, 0.5) is 5.69 Å². The zero-order valence-corrected chi connectivity index (χ0v) is 15.1. The molecular weight excluding hydrogens is 318 g/mol. The van der Waals surface area contributed by atoms with Crippen molar-refractivity contribution in [2.24, 2.45) is 5.92 Å². The quantitative estimate of drug-likeness (QED) is 0.877. The van der Waals surface area contributed by atoms with E-state index in [1.54, 1.807) is 0 Å². The maximum Gasteiger partial charge on any atom is 0.229 e. The van der Waals surface area contributed by atoms with E-state index in [1.165, 1.54) is 0 Å². The topological polar surface area (TPSA) is 61.9 Å². The number of ether oxygens (including phenoxy) is 1. The van der Waals surface area contributed by atoms with Gasteiger partial charge in [-0.3, -0.25) is 14.5 Å². The molecule has 136 valence electrons. The summed E-state index contributed by atoms with van der Waals surface area (Å²) < 4.78 is 5.34. The summed E-state index contributed by atoms with van der Waals surface area (Å²) in [6.07, 6.45) is 0.305. The molecule has 1 N–H and O–H groups in total. The Hall–Kier alpha value is -1.92. The Bertz CT molecular complexity index is 641. The lowest BCUT2D eigenvalue weighted by atomic mass is 10.1. The molecule has 2 aliphatic rings. The molecule has 2 fully saturated rings. The van der Waals surface area contributed by atoms with Crippen LogP contribution < -0.4 is 5.32 Å². The normalized spacial score (nSPS) is 21.6. The van der Waals surface area contributed by atoms with Gasteiger partial charge < -0.3 is 15.0 Å². The standard InChI is InChI=1S/C19H27N3O3/c1-14-4-3-5-17(15(14)2)20-19(24)16-12-18(23)22(13-16)7-6-21-8-10-25-11-9-21/h3-5,16H,6-13H2,1-2H3,(H,20,24). The van der Waals surface area contributed by atoms with E-state index in [1.807, 2.05) is 36.9 Å². The van der Waals surface area contributed by atoms with Gasteiger partial charge in [-0.05, 0) is 31.0 Å². The van der Waals surface area contributed by atoms with E-state index in [-0.39, 0.29) is 17.7 Å². The number of carbonyl (C=O) groups is 2. The molecule has 3 rings (SSSR count). The van der Waals surface area contributed by atoms with Gasteiger partial charge in [0.25, 0.3) is 0 Å². The van der Waals surface area contributed by atoms with Gasteiger partial charge in [0.1, 0.15) is 0 Å². The van der Waals surface area contributed by atoms with Crippen LogP contribution in [0.2, 0.25) is 0 Å². The smallest absolute Gasteiger partial charge is 0.229 e. The van der Waals surface area contributed by atoms with Crippen LogP contribution >= 0.6 is 0 Å².